The second-order valence-corrected chi connectivity index (χ2v) is 4.94. The molecule has 0 aromatic heterocycles. The lowest BCUT2D eigenvalue weighted by atomic mass is 9.94. The average molecular weight is 260 g/mol. The molecule has 98 valence electrons. The Kier molecular flexibility index (Phi) is 3.07. The number of aliphatic hydroxyl groups is 1. The molecule has 1 saturated carbocycles. The first-order chi connectivity index (χ1) is 9.18. The van der Waals surface area contributed by atoms with E-state index in [2.05, 4.69) is 0 Å². The third-order valence-corrected chi connectivity index (χ3v) is 3.58. The Balaban J connectivity index is 2.07. The summed E-state index contributed by atoms with van der Waals surface area (Å²) >= 11 is 0. The van der Waals surface area contributed by atoms with Gasteiger partial charge in [-0.1, -0.05) is 30.3 Å². The van der Waals surface area contributed by atoms with Crippen molar-refractivity contribution in [2.75, 3.05) is 0 Å². The minimum Gasteiger partial charge on any atom is -0.383 e. The van der Waals surface area contributed by atoms with Gasteiger partial charge in [-0.05, 0) is 42.0 Å². The number of hydrogen-bond donors (Lipinski definition) is 1. The van der Waals surface area contributed by atoms with Gasteiger partial charge in [-0.25, -0.2) is 8.78 Å². The molecule has 1 aliphatic rings. The molecule has 0 spiro atoms. The largest absolute Gasteiger partial charge is 0.383 e. The maximum atomic E-state index is 13.7. The maximum absolute atomic E-state index is 13.7. The van der Waals surface area contributed by atoms with Gasteiger partial charge in [0.25, 0.3) is 0 Å². The third kappa shape index (κ3) is 2.26. The highest BCUT2D eigenvalue weighted by Crippen LogP contribution is 2.44. The summed E-state index contributed by atoms with van der Waals surface area (Å²) in [5, 5.41) is 10.3. The Morgan fingerprint density at radius 1 is 0.947 bits per heavy atom. The molecule has 0 saturated heterocycles. The van der Waals surface area contributed by atoms with Gasteiger partial charge in [0.1, 0.15) is 17.7 Å². The van der Waals surface area contributed by atoms with E-state index in [0.29, 0.717) is 11.5 Å². The van der Waals surface area contributed by atoms with Crippen LogP contribution in [-0.4, -0.2) is 5.11 Å². The fourth-order valence-corrected chi connectivity index (χ4v) is 2.45. The third-order valence-electron chi connectivity index (χ3n) is 3.58. The number of benzene rings is 2. The van der Waals surface area contributed by atoms with E-state index in [1.54, 1.807) is 12.1 Å². The van der Waals surface area contributed by atoms with Crippen LogP contribution >= 0.6 is 0 Å². The highest BCUT2D eigenvalue weighted by atomic mass is 19.1. The fraction of sp³-hybridized carbons (Fsp3) is 0.250. The second kappa shape index (κ2) is 4.74. The highest BCUT2D eigenvalue weighted by Gasteiger charge is 2.29. The zero-order valence-electron chi connectivity index (χ0n) is 10.3. The van der Waals surface area contributed by atoms with E-state index in [-0.39, 0.29) is 5.56 Å². The molecule has 19 heavy (non-hydrogen) atoms. The number of halogens is 2. The molecule has 1 unspecified atom stereocenters. The van der Waals surface area contributed by atoms with E-state index >= 15 is 0 Å². The summed E-state index contributed by atoms with van der Waals surface area (Å²) in [6.45, 7) is 0. The predicted octanol–water partition coefficient (Wildman–Crippen LogP) is 3.92. The minimum absolute atomic E-state index is 0.268. The summed E-state index contributed by atoms with van der Waals surface area (Å²) in [6.07, 6.45) is 0.894. The molecule has 1 atom stereocenters. The summed E-state index contributed by atoms with van der Waals surface area (Å²) in [5.41, 5.74) is 1.34. The van der Waals surface area contributed by atoms with Crippen molar-refractivity contribution in [3.63, 3.8) is 0 Å². The summed E-state index contributed by atoms with van der Waals surface area (Å²) in [6, 6.07) is 11.0. The van der Waals surface area contributed by atoms with Gasteiger partial charge in [0.15, 0.2) is 0 Å². The van der Waals surface area contributed by atoms with E-state index in [4.69, 9.17) is 0 Å². The molecule has 1 nitrogen and oxygen atoms in total. The Labute approximate surface area is 110 Å². The van der Waals surface area contributed by atoms with E-state index in [0.717, 1.165) is 18.4 Å². The summed E-state index contributed by atoms with van der Waals surface area (Å²) < 4.78 is 27.5. The molecule has 1 aliphatic carbocycles. The average Bonchev–Trinajstić information content (AvgIpc) is 3.22. The van der Waals surface area contributed by atoms with Gasteiger partial charge in [-0.15, -0.1) is 0 Å². The molecule has 1 fully saturated rings. The lowest BCUT2D eigenvalue weighted by Gasteiger charge is -2.17. The van der Waals surface area contributed by atoms with Crippen LogP contribution in [-0.2, 0) is 0 Å². The molecule has 3 rings (SSSR count). The van der Waals surface area contributed by atoms with Crippen molar-refractivity contribution in [1.29, 1.82) is 0 Å². The molecule has 3 heteroatoms. The summed E-state index contributed by atoms with van der Waals surface area (Å²) in [5.74, 6) is -1.00. The van der Waals surface area contributed by atoms with Gasteiger partial charge < -0.3 is 5.11 Å². The topological polar surface area (TPSA) is 20.2 Å². The van der Waals surface area contributed by atoms with Gasteiger partial charge in [-0.2, -0.15) is 0 Å². The van der Waals surface area contributed by atoms with Crippen LogP contribution in [0.2, 0.25) is 0 Å². The molecular weight excluding hydrogens is 246 g/mol. The van der Waals surface area contributed by atoms with Crippen molar-refractivity contribution in [2.45, 2.75) is 24.9 Å². The second-order valence-electron chi connectivity index (χ2n) is 4.94. The van der Waals surface area contributed by atoms with Crippen LogP contribution in [0.5, 0.6) is 0 Å². The Morgan fingerprint density at radius 3 is 2.21 bits per heavy atom. The van der Waals surface area contributed by atoms with Crippen molar-refractivity contribution in [3.8, 4) is 0 Å². The van der Waals surface area contributed by atoms with Gasteiger partial charge >= 0.3 is 0 Å². The number of hydrogen-bond acceptors (Lipinski definition) is 1. The first-order valence-electron chi connectivity index (χ1n) is 6.39. The van der Waals surface area contributed by atoms with E-state index in [9.17, 15) is 13.9 Å². The Bertz CT molecular complexity index is 585. The smallest absolute Gasteiger partial charge is 0.132 e. The molecule has 2 aromatic carbocycles. The molecule has 1 N–H and O–H groups in total. The van der Waals surface area contributed by atoms with Crippen molar-refractivity contribution < 1.29 is 13.9 Å². The van der Waals surface area contributed by atoms with Gasteiger partial charge in [0.2, 0.25) is 0 Å². The summed E-state index contributed by atoms with van der Waals surface area (Å²) in [7, 11) is 0. The molecule has 0 bridgehead atoms. The highest BCUT2D eigenvalue weighted by molar-refractivity contribution is 5.40. The maximum Gasteiger partial charge on any atom is 0.132 e. The molecule has 0 aliphatic heterocycles. The van der Waals surface area contributed by atoms with Gasteiger partial charge in [-0.3, -0.25) is 0 Å². The number of aliphatic hydroxyl groups excluding tert-OH is 1. The number of rotatable bonds is 3. The normalized spacial score (nSPS) is 16.4. The van der Waals surface area contributed by atoms with Crippen LogP contribution in [0.15, 0.2) is 42.5 Å². The first-order valence-corrected chi connectivity index (χ1v) is 6.39. The molecule has 0 amide bonds. The van der Waals surface area contributed by atoms with Crippen molar-refractivity contribution in [1.82, 2.24) is 0 Å². The first kappa shape index (κ1) is 12.3. The Morgan fingerprint density at radius 2 is 1.58 bits per heavy atom. The molecular formula is C16H14F2O. The van der Waals surface area contributed by atoms with Crippen LogP contribution in [0.3, 0.4) is 0 Å². The van der Waals surface area contributed by atoms with Crippen molar-refractivity contribution in [3.05, 3.63) is 70.8 Å². The van der Waals surface area contributed by atoms with Crippen LogP contribution in [0, 0.1) is 11.6 Å². The van der Waals surface area contributed by atoms with Crippen LogP contribution in [0.25, 0.3) is 0 Å². The van der Waals surface area contributed by atoms with E-state index in [1.165, 1.54) is 18.2 Å². The lowest BCUT2D eigenvalue weighted by Crippen LogP contribution is -2.08. The standard InChI is InChI=1S/C16H14F2O/c17-13-6-3-7-14(18)15(13)16(19)12-5-2-1-4-11(12)10-8-9-10/h1-7,10,16,19H,8-9H2. The quantitative estimate of drug-likeness (QED) is 0.886. The SMILES string of the molecule is OC(c1ccccc1C1CC1)c1c(F)cccc1F. The fourth-order valence-electron chi connectivity index (χ4n) is 2.45. The monoisotopic (exact) mass is 260 g/mol. The summed E-state index contributed by atoms with van der Waals surface area (Å²) in [4.78, 5) is 0. The van der Waals surface area contributed by atoms with Crippen molar-refractivity contribution in [2.24, 2.45) is 0 Å². The van der Waals surface area contributed by atoms with Crippen LogP contribution in [0.1, 0.15) is 41.6 Å². The Hall–Kier alpha value is -1.74. The van der Waals surface area contributed by atoms with Crippen molar-refractivity contribution >= 4 is 0 Å². The van der Waals surface area contributed by atoms with E-state index < -0.39 is 17.7 Å². The molecule has 0 radical (unpaired) electrons. The van der Waals surface area contributed by atoms with Crippen LogP contribution in [0.4, 0.5) is 8.78 Å². The molecule has 0 heterocycles. The zero-order valence-corrected chi connectivity index (χ0v) is 10.3. The minimum atomic E-state index is -1.25. The van der Waals surface area contributed by atoms with Gasteiger partial charge in [0, 0.05) is 0 Å². The van der Waals surface area contributed by atoms with Crippen LogP contribution < -0.4 is 0 Å². The molecule has 2 aromatic rings. The predicted molar refractivity (Wildman–Crippen MR) is 68.8 cm³/mol. The lowest BCUT2D eigenvalue weighted by molar-refractivity contribution is 0.208. The van der Waals surface area contributed by atoms with E-state index in [1.807, 2.05) is 12.1 Å². The zero-order chi connectivity index (χ0) is 13.4. The van der Waals surface area contributed by atoms with Gasteiger partial charge in [0.05, 0.1) is 5.56 Å².